The fourth-order valence-corrected chi connectivity index (χ4v) is 5.14. The second kappa shape index (κ2) is 10.4. The van der Waals surface area contributed by atoms with Crippen molar-refractivity contribution < 1.29 is 9.59 Å². The van der Waals surface area contributed by atoms with Crippen molar-refractivity contribution in [3.8, 4) is 5.69 Å². The van der Waals surface area contributed by atoms with Gasteiger partial charge in [0.25, 0.3) is 0 Å². The van der Waals surface area contributed by atoms with E-state index in [4.69, 9.17) is 9.97 Å². The maximum atomic E-state index is 11.8. The lowest BCUT2D eigenvalue weighted by atomic mass is 10.3. The third kappa shape index (κ3) is 4.98. The zero-order chi connectivity index (χ0) is 23.3. The van der Waals surface area contributed by atoms with E-state index < -0.39 is 0 Å². The van der Waals surface area contributed by atoms with Gasteiger partial charge in [0.05, 0.1) is 5.69 Å². The molecule has 0 bridgehead atoms. The Balaban J connectivity index is 1.27. The van der Waals surface area contributed by atoms with Gasteiger partial charge in [0.15, 0.2) is 17.0 Å². The smallest absolute Gasteiger partial charge is 0.226 e. The van der Waals surface area contributed by atoms with Gasteiger partial charge in [-0.2, -0.15) is 21.3 Å². The van der Waals surface area contributed by atoms with Gasteiger partial charge >= 0.3 is 0 Å². The highest BCUT2D eigenvalue weighted by Gasteiger charge is 2.20. The Morgan fingerprint density at radius 3 is 2.26 bits per heavy atom. The summed E-state index contributed by atoms with van der Waals surface area (Å²) < 4.78 is 1.97. The molecule has 11 heteroatoms. The van der Waals surface area contributed by atoms with E-state index in [-0.39, 0.29) is 11.8 Å². The molecule has 3 aromatic rings. The Labute approximate surface area is 202 Å². The van der Waals surface area contributed by atoms with Gasteiger partial charge in [0, 0.05) is 57.5 Å². The number of carbonyl (C=O) groups excluding carboxylic acids is 2. The van der Waals surface area contributed by atoms with Crippen molar-refractivity contribution in [2.24, 2.45) is 0 Å². The third-order valence-corrected chi connectivity index (χ3v) is 6.98. The minimum atomic E-state index is 0.249. The van der Waals surface area contributed by atoms with Crippen molar-refractivity contribution in [1.82, 2.24) is 29.3 Å². The van der Waals surface area contributed by atoms with E-state index in [0.29, 0.717) is 37.7 Å². The normalized spacial score (nSPS) is 16.2. The number of amides is 2. The Bertz CT molecular complexity index is 1150. The van der Waals surface area contributed by atoms with E-state index in [1.54, 1.807) is 17.7 Å². The number of nitrogens with one attached hydrogen (secondary N) is 2. The molecule has 2 amide bonds. The molecule has 0 saturated carbocycles. The van der Waals surface area contributed by atoms with Crippen LogP contribution in [0, 0.1) is 0 Å². The van der Waals surface area contributed by atoms with Crippen LogP contribution in [0.3, 0.4) is 0 Å². The molecular weight excluding hydrogens is 452 g/mol. The topological polar surface area (TPSA) is 108 Å². The largest absolute Gasteiger partial charge is 0.368 e. The van der Waals surface area contributed by atoms with Crippen LogP contribution in [0.15, 0.2) is 23.2 Å². The number of hydrogen-bond acceptors (Lipinski definition) is 8. The minimum Gasteiger partial charge on any atom is -0.368 e. The molecule has 3 aromatic heterocycles. The molecular formula is C23H30N8O2S. The summed E-state index contributed by atoms with van der Waals surface area (Å²) >= 11 is 1.63. The van der Waals surface area contributed by atoms with Crippen LogP contribution in [-0.2, 0) is 9.59 Å². The molecule has 2 saturated heterocycles. The molecule has 0 unspecified atom stereocenters. The van der Waals surface area contributed by atoms with Crippen LogP contribution >= 0.6 is 11.3 Å². The molecule has 0 radical (unpaired) electrons. The summed E-state index contributed by atoms with van der Waals surface area (Å²) in [5, 5.41) is 10.8. The standard InChI is InChI=1S/C23H30N8O2S/c32-18-5-1-10-29(18)12-3-8-24-21-20-22(31(16-26-20)17-7-14-34-15-17)28-23(27-21)25-9-4-13-30-11-2-6-19(30)33/h7,14-16H,1-6,8-13H2,(H2,24,25,27,28). The Hall–Kier alpha value is -3.21. The first-order valence-corrected chi connectivity index (χ1v) is 12.9. The molecule has 10 nitrogen and oxygen atoms in total. The number of anilines is 2. The predicted octanol–water partition coefficient (Wildman–Crippen LogP) is 2.73. The fourth-order valence-electron chi connectivity index (χ4n) is 4.51. The lowest BCUT2D eigenvalue weighted by Gasteiger charge is -2.16. The maximum Gasteiger partial charge on any atom is 0.226 e. The average molecular weight is 483 g/mol. The van der Waals surface area contributed by atoms with Crippen molar-refractivity contribution in [3.63, 3.8) is 0 Å². The summed E-state index contributed by atoms with van der Waals surface area (Å²) in [5.41, 5.74) is 2.47. The van der Waals surface area contributed by atoms with Crippen molar-refractivity contribution >= 4 is 46.1 Å². The van der Waals surface area contributed by atoms with E-state index in [1.165, 1.54) is 0 Å². The van der Waals surface area contributed by atoms with Crippen LogP contribution in [0.4, 0.5) is 11.8 Å². The molecule has 2 aliphatic heterocycles. The van der Waals surface area contributed by atoms with Gasteiger partial charge in [-0.1, -0.05) is 0 Å². The lowest BCUT2D eigenvalue weighted by Crippen LogP contribution is -2.27. The number of imidazole rings is 1. The van der Waals surface area contributed by atoms with Gasteiger partial charge in [-0.3, -0.25) is 14.2 Å². The summed E-state index contributed by atoms with van der Waals surface area (Å²) in [6.07, 6.45) is 6.71. The molecule has 180 valence electrons. The average Bonchev–Trinajstić information content (AvgIpc) is 3.63. The Morgan fingerprint density at radius 2 is 1.65 bits per heavy atom. The molecule has 5 heterocycles. The van der Waals surface area contributed by atoms with Gasteiger partial charge in [0.1, 0.15) is 6.33 Å². The zero-order valence-corrected chi connectivity index (χ0v) is 20.0. The van der Waals surface area contributed by atoms with Gasteiger partial charge in [-0.15, -0.1) is 0 Å². The number of hydrogen-bond donors (Lipinski definition) is 2. The minimum absolute atomic E-state index is 0.249. The molecule has 0 aromatic carbocycles. The van der Waals surface area contributed by atoms with Gasteiger partial charge in [0.2, 0.25) is 17.8 Å². The number of aromatic nitrogens is 4. The zero-order valence-electron chi connectivity index (χ0n) is 19.2. The first-order chi connectivity index (χ1) is 16.7. The number of thiophene rings is 1. The Morgan fingerprint density at radius 1 is 0.941 bits per heavy atom. The first kappa shape index (κ1) is 22.6. The highest BCUT2D eigenvalue weighted by molar-refractivity contribution is 7.08. The highest BCUT2D eigenvalue weighted by atomic mass is 32.1. The van der Waals surface area contributed by atoms with Gasteiger partial charge in [-0.05, 0) is 37.1 Å². The summed E-state index contributed by atoms with van der Waals surface area (Å²) in [6.45, 7) is 4.60. The second-order valence-electron chi connectivity index (χ2n) is 8.69. The van der Waals surface area contributed by atoms with Crippen molar-refractivity contribution in [1.29, 1.82) is 0 Å². The van der Waals surface area contributed by atoms with Crippen LogP contribution in [0.5, 0.6) is 0 Å². The number of fused-ring (bicyclic) bond motifs is 1. The van der Waals surface area contributed by atoms with Crippen molar-refractivity contribution in [2.75, 3.05) is 49.9 Å². The Kier molecular flexibility index (Phi) is 6.89. The van der Waals surface area contributed by atoms with Crippen LogP contribution in [0.2, 0.25) is 0 Å². The molecule has 2 aliphatic rings. The number of carbonyl (C=O) groups is 2. The van der Waals surface area contributed by atoms with E-state index in [9.17, 15) is 9.59 Å². The number of rotatable bonds is 11. The van der Waals surface area contributed by atoms with Crippen molar-refractivity contribution in [2.45, 2.75) is 38.5 Å². The van der Waals surface area contributed by atoms with Crippen molar-refractivity contribution in [3.05, 3.63) is 23.2 Å². The number of likely N-dealkylation sites (tertiary alicyclic amines) is 2. The van der Waals surface area contributed by atoms with E-state index in [0.717, 1.165) is 68.7 Å². The summed E-state index contributed by atoms with van der Waals surface area (Å²) in [5.74, 6) is 1.72. The van der Waals surface area contributed by atoms with E-state index in [2.05, 4.69) is 21.0 Å². The van der Waals surface area contributed by atoms with Crippen LogP contribution in [-0.4, -0.2) is 80.4 Å². The number of nitrogens with zero attached hydrogens (tertiary/aromatic N) is 6. The second-order valence-corrected chi connectivity index (χ2v) is 9.47. The molecule has 0 aliphatic carbocycles. The molecule has 2 N–H and O–H groups in total. The summed E-state index contributed by atoms with van der Waals surface area (Å²) in [4.78, 5) is 41.5. The van der Waals surface area contributed by atoms with E-state index >= 15 is 0 Å². The first-order valence-electron chi connectivity index (χ1n) is 12.0. The van der Waals surface area contributed by atoms with Crippen LogP contribution < -0.4 is 10.6 Å². The highest BCUT2D eigenvalue weighted by Crippen LogP contribution is 2.25. The van der Waals surface area contributed by atoms with Crippen LogP contribution in [0.25, 0.3) is 16.9 Å². The monoisotopic (exact) mass is 482 g/mol. The third-order valence-electron chi connectivity index (χ3n) is 6.31. The van der Waals surface area contributed by atoms with E-state index in [1.807, 2.05) is 25.8 Å². The van der Waals surface area contributed by atoms with Gasteiger partial charge in [-0.25, -0.2) is 4.98 Å². The summed E-state index contributed by atoms with van der Waals surface area (Å²) in [7, 11) is 0. The van der Waals surface area contributed by atoms with Crippen LogP contribution in [0.1, 0.15) is 38.5 Å². The SMILES string of the molecule is O=C1CCCN1CCCNc1nc(NCCCN2CCCC2=O)c2ncn(-c3ccsc3)c2n1. The molecule has 0 spiro atoms. The predicted molar refractivity (Wildman–Crippen MR) is 132 cm³/mol. The lowest BCUT2D eigenvalue weighted by molar-refractivity contribution is -0.128. The molecule has 0 atom stereocenters. The molecule has 5 rings (SSSR count). The van der Waals surface area contributed by atoms with Gasteiger partial charge < -0.3 is 20.4 Å². The quantitative estimate of drug-likeness (QED) is 0.405. The molecule has 2 fully saturated rings. The summed E-state index contributed by atoms with van der Waals surface area (Å²) in [6, 6.07) is 2.04. The maximum absolute atomic E-state index is 11.8. The fraction of sp³-hybridized carbons (Fsp3) is 0.522. The molecule has 34 heavy (non-hydrogen) atoms.